The van der Waals surface area contributed by atoms with Crippen LogP contribution in [0.3, 0.4) is 0 Å². The molecule has 9 nitrogen and oxygen atoms in total. The van der Waals surface area contributed by atoms with Crippen molar-refractivity contribution in [2.75, 3.05) is 50.0 Å². The minimum absolute atomic E-state index is 0.224. The minimum Gasteiger partial charge on any atom is -0.480 e. The number of benzene rings is 1. The summed E-state index contributed by atoms with van der Waals surface area (Å²) in [4.78, 5) is 31.7. The number of aromatic amines is 1. The van der Waals surface area contributed by atoms with E-state index in [1.54, 1.807) is 12.4 Å². The number of fused-ring (bicyclic) bond motifs is 1. The SMILES string of the molecule is Cc1cc(N2CCN(C)CC2)cc2[nH]c(-c3cnc(NCC(=O)O)nc3)nc12. The molecule has 4 rings (SSSR count). The van der Waals surface area contributed by atoms with Gasteiger partial charge < -0.3 is 25.2 Å². The molecular weight excluding hydrogens is 358 g/mol. The summed E-state index contributed by atoms with van der Waals surface area (Å²) in [6, 6.07) is 4.33. The van der Waals surface area contributed by atoms with E-state index in [-0.39, 0.29) is 12.5 Å². The first-order valence-electron chi connectivity index (χ1n) is 9.21. The van der Waals surface area contributed by atoms with E-state index in [1.807, 2.05) is 0 Å². The van der Waals surface area contributed by atoms with E-state index in [9.17, 15) is 4.79 Å². The number of anilines is 2. The number of hydrogen-bond acceptors (Lipinski definition) is 7. The number of aromatic nitrogens is 4. The van der Waals surface area contributed by atoms with Gasteiger partial charge in [0.05, 0.1) is 16.6 Å². The maximum atomic E-state index is 10.6. The minimum atomic E-state index is -0.961. The van der Waals surface area contributed by atoms with E-state index in [1.165, 1.54) is 5.69 Å². The third kappa shape index (κ3) is 3.74. The maximum absolute atomic E-state index is 10.6. The third-order valence-corrected chi connectivity index (χ3v) is 4.95. The lowest BCUT2D eigenvalue weighted by molar-refractivity contribution is -0.134. The number of aryl methyl sites for hydroxylation is 1. The Hall–Kier alpha value is -3.20. The Morgan fingerprint density at radius 1 is 1.21 bits per heavy atom. The number of H-pyrrole nitrogens is 1. The molecule has 1 aromatic carbocycles. The standard InChI is InChI=1S/C19H23N7O2/c1-12-7-14(26-5-3-25(2)4-6-26)8-15-17(12)24-18(23-15)13-9-20-19(21-10-13)22-11-16(27)28/h7-10H,3-6,11H2,1-2H3,(H,23,24)(H,27,28)(H,20,21,22). The number of nitrogens with zero attached hydrogens (tertiary/aromatic N) is 5. The van der Waals surface area contributed by atoms with Crippen molar-refractivity contribution in [3.05, 3.63) is 30.1 Å². The van der Waals surface area contributed by atoms with Gasteiger partial charge in [-0.25, -0.2) is 15.0 Å². The van der Waals surface area contributed by atoms with Crippen LogP contribution in [0, 0.1) is 6.92 Å². The average molecular weight is 381 g/mol. The van der Waals surface area contributed by atoms with Gasteiger partial charge >= 0.3 is 5.97 Å². The van der Waals surface area contributed by atoms with Crippen LogP contribution in [0.2, 0.25) is 0 Å². The van der Waals surface area contributed by atoms with Crippen LogP contribution in [-0.2, 0) is 4.79 Å². The van der Waals surface area contributed by atoms with Crippen molar-refractivity contribution in [1.29, 1.82) is 0 Å². The van der Waals surface area contributed by atoms with Gasteiger partial charge in [-0.15, -0.1) is 0 Å². The van der Waals surface area contributed by atoms with Crippen LogP contribution in [0.5, 0.6) is 0 Å². The second-order valence-corrected chi connectivity index (χ2v) is 7.08. The Bertz CT molecular complexity index is 991. The summed E-state index contributed by atoms with van der Waals surface area (Å²) in [5.41, 5.74) is 4.99. The third-order valence-electron chi connectivity index (χ3n) is 4.95. The number of carbonyl (C=O) groups is 1. The predicted molar refractivity (Wildman–Crippen MR) is 108 cm³/mol. The van der Waals surface area contributed by atoms with Gasteiger partial charge in [0.1, 0.15) is 12.4 Å². The molecule has 0 bridgehead atoms. The van der Waals surface area contributed by atoms with Gasteiger partial charge in [-0.05, 0) is 31.7 Å². The molecule has 9 heteroatoms. The Morgan fingerprint density at radius 3 is 2.61 bits per heavy atom. The van der Waals surface area contributed by atoms with Crippen LogP contribution in [0.1, 0.15) is 5.56 Å². The molecule has 1 saturated heterocycles. The number of carboxylic acids is 1. The summed E-state index contributed by atoms with van der Waals surface area (Å²) in [5.74, 6) is 0.00537. The van der Waals surface area contributed by atoms with Crippen molar-refractivity contribution in [3.63, 3.8) is 0 Å². The quantitative estimate of drug-likeness (QED) is 0.611. The van der Waals surface area contributed by atoms with Crippen LogP contribution >= 0.6 is 0 Å². The molecule has 0 aliphatic carbocycles. The van der Waals surface area contributed by atoms with Gasteiger partial charge in [0.15, 0.2) is 0 Å². The highest BCUT2D eigenvalue weighted by Gasteiger charge is 2.17. The molecule has 0 saturated carbocycles. The number of nitrogens with one attached hydrogen (secondary N) is 2. The Labute approximate surface area is 162 Å². The zero-order chi connectivity index (χ0) is 19.7. The molecule has 0 atom stereocenters. The first-order valence-corrected chi connectivity index (χ1v) is 9.21. The topological polar surface area (TPSA) is 110 Å². The van der Waals surface area contributed by atoms with E-state index < -0.39 is 5.97 Å². The summed E-state index contributed by atoms with van der Waals surface area (Å²) in [6.45, 7) is 6.00. The highest BCUT2D eigenvalue weighted by atomic mass is 16.4. The predicted octanol–water partition coefficient (Wildman–Crippen LogP) is 1.58. The molecule has 3 heterocycles. The number of imidazole rings is 1. The van der Waals surface area contributed by atoms with Crippen LogP contribution in [-0.4, -0.2) is 75.7 Å². The molecule has 1 aliphatic heterocycles. The number of hydrogen-bond donors (Lipinski definition) is 3. The van der Waals surface area contributed by atoms with E-state index in [2.05, 4.69) is 56.2 Å². The monoisotopic (exact) mass is 381 g/mol. The second kappa shape index (κ2) is 7.43. The smallest absolute Gasteiger partial charge is 0.322 e. The highest BCUT2D eigenvalue weighted by molar-refractivity contribution is 5.85. The van der Waals surface area contributed by atoms with Crippen LogP contribution in [0.4, 0.5) is 11.6 Å². The number of likely N-dealkylation sites (N-methyl/N-ethyl adjacent to an activating group) is 1. The van der Waals surface area contributed by atoms with E-state index in [0.717, 1.165) is 48.3 Å². The summed E-state index contributed by atoms with van der Waals surface area (Å²) >= 11 is 0. The summed E-state index contributed by atoms with van der Waals surface area (Å²) in [7, 11) is 2.15. The van der Waals surface area contributed by atoms with Crippen molar-refractivity contribution in [3.8, 4) is 11.4 Å². The van der Waals surface area contributed by atoms with Crippen molar-refractivity contribution in [2.45, 2.75) is 6.92 Å². The lowest BCUT2D eigenvalue weighted by Gasteiger charge is -2.34. The number of aliphatic carboxylic acids is 1. The Balaban J connectivity index is 1.59. The zero-order valence-corrected chi connectivity index (χ0v) is 15.9. The van der Waals surface area contributed by atoms with E-state index >= 15 is 0 Å². The second-order valence-electron chi connectivity index (χ2n) is 7.08. The molecular formula is C19H23N7O2. The fourth-order valence-electron chi connectivity index (χ4n) is 3.35. The Kier molecular flexibility index (Phi) is 4.82. The van der Waals surface area contributed by atoms with Gasteiger partial charge in [0.25, 0.3) is 0 Å². The van der Waals surface area contributed by atoms with Gasteiger partial charge in [-0.1, -0.05) is 0 Å². The molecule has 0 radical (unpaired) electrons. The van der Waals surface area contributed by atoms with Gasteiger partial charge in [0, 0.05) is 44.3 Å². The highest BCUT2D eigenvalue weighted by Crippen LogP contribution is 2.28. The molecule has 2 aromatic heterocycles. The molecule has 0 spiro atoms. The fraction of sp³-hybridized carbons (Fsp3) is 0.368. The van der Waals surface area contributed by atoms with Crippen LogP contribution in [0.15, 0.2) is 24.5 Å². The van der Waals surface area contributed by atoms with E-state index in [0.29, 0.717) is 5.82 Å². The van der Waals surface area contributed by atoms with Crippen molar-refractivity contribution in [2.24, 2.45) is 0 Å². The molecule has 0 unspecified atom stereocenters. The zero-order valence-electron chi connectivity index (χ0n) is 15.9. The maximum Gasteiger partial charge on any atom is 0.322 e. The number of carboxylic acid groups (broad SMARTS) is 1. The van der Waals surface area contributed by atoms with Gasteiger partial charge in [-0.3, -0.25) is 4.79 Å². The van der Waals surface area contributed by atoms with Crippen molar-refractivity contribution in [1.82, 2.24) is 24.8 Å². The molecule has 1 aliphatic rings. The van der Waals surface area contributed by atoms with Crippen molar-refractivity contribution >= 4 is 28.6 Å². The molecule has 3 aromatic rings. The number of piperazine rings is 1. The molecule has 146 valence electrons. The molecule has 3 N–H and O–H groups in total. The van der Waals surface area contributed by atoms with Gasteiger partial charge in [0.2, 0.25) is 5.95 Å². The molecule has 0 amide bonds. The van der Waals surface area contributed by atoms with Gasteiger partial charge in [-0.2, -0.15) is 0 Å². The fourth-order valence-corrected chi connectivity index (χ4v) is 3.35. The van der Waals surface area contributed by atoms with Crippen LogP contribution < -0.4 is 10.2 Å². The lowest BCUT2D eigenvalue weighted by Crippen LogP contribution is -2.44. The molecule has 1 fully saturated rings. The molecule has 28 heavy (non-hydrogen) atoms. The lowest BCUT2D eigenvalue weighted by atomic mass is 10.1. The largest absolute Gasteiger partial charge is 0.480 e. The van der Waals surface area contributed by atoms with E-state index in [4.69, 9.17) is 10.1 Å². The Morgan fingerprint density at radius 2 is 1.93 bits per heavy atom. The summed E-state index contributed by atoms with van der Waals surface area (Å²) in [6.07, 6.45) is 3.26. The van der Waals surface area contributed by atoms with Crippen molar-refractivity contribution < 1.29 is 9.90 Å². The summed E-state index contributed by atoms with van der Waals surface area (Å²) in [5, 5.41) is 11.3. The average Bonchev–Trinajstić information content (AvgIpc) is 3.12. The van der Waals surface area contributed by atoms with Crippen LogP contribution in [0.25, 0.3) is 22.4 Å². The number of rotatable bonds is 5. The first kappa shape index (κ1) is 18.2. The first-order chi connectivity index (χ1) is 13.5. The normalized spacial score (nSPS) is 15.1. The summed E-state index contributed by atoms with van der Waals surface area (Å²) < 4.78 is 0.